The van der Waals surface area contributed by atoms with Crippen LogP contribution in [0.5, 0.6) is 0 Å². The maximum atomic E-state index is 8.52. The number of benzene rings is 1. The summed E-state index contributed by atoms with van der Waals surface area (Å²) < 4.78 is 5.36. The highest BCUT2D eigenvalue weighted by atomic mass is 16.5. The van der Waals surface area contributed by atoms with Gasteiger partial charge in [-0.15, -0.1) is 6.58 Å². The van der Waals surface area contributed by atoms with E-state index in [1.54, 1.807) is 6.08 Å². The Kier molecular flexibility index (Phi) is 29.7. The van der Waals surface area contributed by atoms with E-state index in [0.717, 1.165) is 42.1 Å². The van der Waals surface area contributed by atoms with Gasteiger partial charge in [0.05, 0.1) is 24.9 Å². The molecule has 316 valence electrons. The molecule has 55 heavy (non-hydrogen) atoms. The van der Waals surface area contributed by atoms with Crippen LogP contribution in [-0.4, -0.2) is 59.5 Å². The highest BCUT2D eigenvalue weighted by molar-refractivity contribution is 5.29. The van der Waals surface area contributed by atoms with Crippen LogP contribution in [0.1, 0.15) is 146 Å². The van der Waals surface area contributed by atoms with Gasteiger partial charge in [-0.1, -0.05) is 183 Å². The van der Waals surface area contributed by atoms with Gasteiger partial charge in [0.2, 0.25) is 0 Å². The quantitative estimate of drug-likeness (QED) is 0.0367. The van der Waals surface area contributed by atoms with E-state index >= 15 is 0 Å². The van der Waals surface area contributed by atoms with E-state index in [-0.39, 0.29) is 12.3 Å². The molecule has 6 unspecified atom stereocenters. The molecule has 0 radical (unpaired) electrons. The third-order valence-electron chi connectivity index (χ3n) is 10.5. The average molecular weight is 766 g/mol. The minimum atomic E-state index is -0.0510. The lowest BCUT2D eigenvalue weighted by atomic mass is 9.85. The SMILES string of the molecule is C1CCCCC1.C=COC(C)NCC(=C)N1CC(C)C=C1C1CN1C(CC)C(CC)C(C)C.C=C[C@@H](NC(=C)CNO)c1ccccc1.CC.CCC(C)C. The predicted octanol–water partition coefficient (Wildman–Crippen LogP) is 12.0. The fourth-order valence-corrected chi connectivity index (χ4v) is 7.10. The maximum absolute atomic E-state index is 8.52. The summed E-state index contributed by atoms with van der Waals surface area (Å²) in [5, 5.41) is 15.0. The van der Waals surface area contributed by atoms with Crippen molar-refractivity contribution in [3.8, 4) is 0 Å². The lowest BCUT2D eigenvalue weighted by molar-refractivity contribution is 0.130. The van der Waals surface area contributed by atoms with Gasteiger partial charge in [0.1, 0.15) is 6.23 Å². The second kappa shape index (κ2) is 31.3. The van der Waals surface area contributed by atoms with Crippen LogP contribution in [0, 0.1) is 23.7 Å². The summed E-state index contributed by atoms with van der Waals surface area (Å²) in [5.41, 5.74) is 6.47. The Morgan fingerprint density at radius 3 is 1.87 bits per heavy atom. The maximum Gasteiger partial charge on any atom is 0.146 e. The summed E-state index contributed by atoms with van der Waals surface area (Å²) >= 11 is 0. The van der Waals surface area contributed by atoms with Crippen molar-refractivity contribution < 1.29 is 9.94 Å². The van der Waals surface area contributed by atoms with E-state index in [1.165, 1.54) is 76.3 Å². The Morgan fingerprint density at radius 2 is 1.44 bits per heavy atom. The molecule has 1 aromatic carbocycles. The largest absolute Gasteiger partial charge is 0.484 e. The van der Waals surface area contributed by atoms with Gasteiger partial charge >= 0.3 is 0 Å². The average Bonchev–Trinajstić information content (AvgIpc) is 3.89. The molecule has 4 rings (SSSR count). The molecule has 1 saturated carbocycles. The van der Waals surface area contributed by atoms with Gasteiger partial charge in [0.15, 0.2) is 0 Å². The highest BCUT2D eigenvalue weighted by Crippen LogP contribution is 2.40. The molecular formula is C48H87N5O2. The van der Waals surface area contributed by atoms with E-state index in [9.17, 15) is 0 Å². The molecule has 0 spiro atoms. The van der Waals surface area contributed by atoms with Gasteiger partial charge in [-0.05, 0) is 42.6 Å². The molecular weight excluding hydrogens is 679 g/mol. The monoisotopic (exact) mass is 766 g/mol. The van der Waals surface area contributed by atoms with Crippen molar-refractivity contribution in [2.75, 3.05) is 26.2 Å². The minimum Gasteiger partial charge on any atom is -0.484 e. The first kappa shape index (κ1) is 52.2. The summed E-state index contributed by atoms with van der Waals surface area (Å²) in [6.45, 7) is 43.2. The zero-order valence-electron chi connectivity index (χ0n) is 37.5. The molecule has 7 nitrogen and oxygen atoms in total. The number of nitrogens with zero attached hydrogens (tertiary/aromatic N) is 2. The molecule has 2 heterocycles. The molecule has 0 aromatic heterocycles. The smallest absolute Gasteiger partial charge is 0.146 e. The first-order chi connectivity index (χ1) is 26.4. The zero-order valence-corrected chi connectivity index (χ0v) is 37.5. The molecule has 2 fully saturated rings. The summed E-state index contributed by atoms with van der Waals surface area (Å²) in [7, 11) is 0. The second-order valence-corrected chi connectivity index (χ2v) is 15.7. The summed E-state index contributed by atoms with van der Waals surface area (Å²) in [6, 6.07) is 11.2. The van der Waals surface area contributed by atoms with Gasteiger partial charge < -0.3 is 20.2 Å². The number of hydroxylamine groups is 1. The van der Waals surface area contributed by atoms with Crippen molar-refractivity contribution in [3.05, 3.63) is 97.7 Å². The van der Waals surface area contributed by atoms with Crippen molar-refractivity contribution in [1.82, 2.24) is 25.9 Å². The molecule has 7 atom stereocenters. The van der Waals surface area contributed by atoms with Crippen molar-refractivity contribution >= 4 is 0 Å². The van der Waals surface area contributed by atoms with Gasteiger partial charge in [-0.3, -0.25) is 10.2 Å². The Labute approximate surface area is 340 Å². The molecule has 1 aromatic rings. The van der Waals surface area contributed by atoms with E-state index in [2.05, 4.69) is 114 Å². The Bertz CT molecular complexity index is 1170. The van der Waals surface area contributed by atoms with Crippen LogP contribution in [0.25, 0.3) is 0 Å². The number of hydrogen-bond donors (Lipinski definition) is 4. The first-order valence-corrected chi connectivity index (χ1v) is 21.8. The first-order valence-electron chi connectivity index (χ1n) is 21.8. The fourth-order valence-electron chi connectivity index (χ4n) is 7.10. The van der Waals surface area contributed by atoms with Crippen molar-refractivity contribution in [2.24, 2.45) is 23.7 Å². The topological polar surface area (TPSA) is 71.8 Å². The predicted molar refractivity (Wildman–Crippen MR) is 241 cm³/mol. The molecule has 7 heteroatoms. The lowest BCUT2D eigenvalue weighted by Crippen LogP contribution is -2.36. The van der Waals surface area contributed by atoms with Crippen LogP contribution in [0.2, 0.25) is 0 Å². The highest BCUT2D eigenvalue weighted by Gasteiger charge is 2.47. The summed E-state index contributed by atoms with van der Waals surface area (Å²) in [6.07, 6.45) is 18.5. The standard InChI is InChI=1S/C23H41N3O.C12H16N2O.C6H12.C5H12.C2H6/c1-9-20(16(4)5)21(10-2)26-15-23(26)22-12-17(6)14-25(22)18(7)13-24-19(8)27-11-3;1-3-12(14-10(2)9-13-15)11-7-5-4-6-8-11;1-2-4-6-5-3-1;1-4-5(2)3;1-2/h11-12,16-17,19-21,23-24H,3,7,9-10,13-15H2,1-2,4-6,8H3;3-8,12-15H,1-2,9H2;1-6H2;5H,4H2,1-3H3;1-2H3/t;12-;;;/m.1.../s1. The van der Waals surface area contributed by atoms with E-state index < -0.39 is 0 Å². The molecule has 4 N–H and O–H groups in total. The van der Waals surface area contributed by atoms with Crippen molar-refractivity contribution in [2.45, 2.75) is 158 Å². The van der Waals surface area contributed by atoms with Crippen LogP contribution in [0.4, 0.5) is 0 Å². The van der Waals surface area contributed by atoms with Gasteiger partial charge in [0, 0.05) is 42.8 Å². The number of nitrogens with one attached hydrogen (secondary N) is 3. The third kappa shape index (κ3) is 21.3. The third-order valence-corrected chi connectivity index (χ3v) is 10.5. The van der Waals surface area contributed by atoms with Crippen LogP contribution < -0.4 is 16.1 Å². The van der Waals surface area contributed by atoms with Crippen LogP contribution in [0.3, 0.4) is 0 Å². The van der Waals surface area contributed by atoms with Crippen LogP contribution in [0.15, 0.2) is 92.2 Å². The lowest BCUT2D eigenvalue weighted by Gasteiger charge is -2.32. The fraction of sp³-hybridized carbons (Fsp3) is 0.667. The molecule has 0 amide bonds. The number of ether oxygens (including phenoxy) is 1. The van der Waals surface area contributed by atoms with Crippen LogP contribution in [-0.2, 0) is 4.74 Å². The molecule has 1 saturated heterocycles. The summed E-state index contributed by atoms with van der Waals surface area (Å²) in [5.74, 6) is 2.97. The van der Waals surface area contributed by atoms with E-state index in [1.807, 2.05) is 51.1 Å². The Balaban J connectivity index is 0.000000862. The number of hydrogen-bond acceptors (Lipinski definition) is 7. The van der Waals surface area contributed by atoms with Crippen LogP contribution >= 0.6 is 0 Å². The molecule has 1 aliphatic carbocycles. The van der Waals surface area contributed by atoms with Gasteiger partial charge in [0.25, 0.3) is 0 Å². The molecule has 3 aliphatic rings. The summed E-state index contributed by atoms with van der Waals surface area (Å²) in [4.78, 5) is 5.15. The zero-order chi connectivity index (χ0) is 41.8. The van der Waals surface area contributed by atoms with E-state index in [0.29, 0.717) is 30.2 Å². The van der Waals surface area contributed by atoms with Crippen molar-refractivity contribution in [1.29, 1.82) is 0 Å². The minimum absolute atomic E-state index is 0.0204. The number of rotatable bonds is 19. The second-order valence-electron chi connectivity index (χ2n) is 15.7. The van der Waals surface area contributed by atoms with E-state index in [4.69, 9.17) is 9.94 Å². The Morgan fingerprint density at radius 1 is 0.873 bits per heavy atom. The van der Waals surface area contributed by atoms with Gasteiger partial charge in [-0.2, -0.15) is 5.48 Å². The normalized spacial score (nSPS) is 20.5. The molecule has 2 aliphatic heterocycles. The molecule has 0 bridgehead atoms. The van der Waals surface area contributed by atoms with Gasteiger partial charge in [-0.25, -0.2) is 0 Å². The van der Waals surface area contributed by atoms with Crippen molar-refractivity contribution in [3.63, 3.8) is 0 Å². The Hall–Kier alpha value is -2.84.